The quantitative estimate of drug-likeness (QED) is 0.814. The fourth-order valence-corrected chi connectivity index (χ4v) is 1.58. The summed E-state index contributed by atoms with van der Waals surface area (Å²) in [5.74, 6) is -0.0808. The fraction of sp³-hybridized carbons (Fsp3) is 0.0625. The van der Waals surface area contributed by atoms with Gasteiger partial charge in [0.1, 0.15) is 0 Å². The van der Waals surface area contributed by atoms with Crippen LogP contribution in [0.25, 0.3) is 6.08 Å². The molecule has 2 rings (SSSR count). The summed E-state index contributed by atoms with van der Waals surface area (Å²) in [5.41, 5.74) is 2.12. The third-order valence-electron chi connectivity index (χ3n) is 2.54. The molecule has 90 valence electrons. The minimum Gasteiger partial charge on any atom is -0.348 e. The van der Waals surface area contributed by atoms with Gasteiger partial charge in [-0.1, -0.05) is 60.7 Å². The number of carbonyl (C=O) groups is 1. The van der Waals surface area contributed by atoms with Gasteiger partial charge in [-0.15, -0.1) is 0 Å². The van der Waals surface area contributed by atoms with Gasteiger partial charge in [0.15, 0.2) is 0 Å². The van der Waals surface area contributed by atoms with Crippen LogP contribution in [0, 0.1) is 0 Å². The van der Waals surface area contributed by atoms with E-state index in [2.05, 4.69) is 5.32 Å². The first-order valence-corrected chi connectivity index (χ1v) is 5.89. The summed E-state index contributed by atoms with van der Waals surface area (Å²) >= 11 is 0. The molecule has 2 heteroatoms. The van der Waals surface area contributed by atoms with Crippen LogP contribution in [0.4, 0.5) is 0 Å². The van der Waals surface area contributed by atoms with E-state index in [1.54, 1.807) is 12.2 Å². The zero-order valence-electron chi connectivity index (χ0n) is 10.0. The molecule has 18 heavy (non-hydrogen) atoms. The normalized spacial score (nSPS) is 10.4. The number of nitrogens with one attached hydrogen (secondary N) is 1. The van der Waals surface area contributed by atoms with E-state index >= 15 is 0 Å². The van der Waals surface area contributed by atoms with Crippen molar-refractivity contribution in [2.24, 2.45) is 0 Å². The molecule has 0 aliphatic heterocycles. The highest BCUT2D eigenvalue weighted by Gasteiger charge is 1.95. The Morgan fingerprint density at radius 3 is 2.22 bits per heavy atom. The summed E-state index contributed by atoms with van der Waals surface area (Å²) in [7, 11) is 0. The molecule has 0 atom stereocenters. The predicted molar refractivity (Wildman–Crippen MR) is 73.8 cm³/mol. The van der Waals surface area contributed by atoms with Crippen molar-refractivity contribution in [1.29, 1.82) is 0 Å². The van der Waals surface area contributed by atoms with Crippen LogP contribution in [0.15, 0.2) is 66.7 Å². The lowest BCUT2D eigenvalue weighted by molar-refractivity contribution is -0.116. The molecule has 0 aliphatic carbocycles. The van der Waals surface area contributed by atoms with E-state index in [9.17, 15) is 4.79 Å². The third kappa shape index (κ3) is 3.91. The van der Waals surface area contributed by atoms with E-state index < -0.39 is 0 Å². The minimum atomic E-state index is -0.0808. The van der Waals surface area contributed by atoms with E-state index in [4.69, 9.17) is 0 Å². The maximum absolute atomic E-state index is 11.6. The largest absolute Gasteiger partial charge is 0.348 e. The van der Waals surface area contributed by atoms with E-state index in [0.717, 1.165) is 11.1 Å². The lowest BCUT2D eigenvalue weighted by Crippen LogP contribution is -2.20. The van der Waals surface area contributed by atoms with Crippen LogP contribution in [-0.4, -0.2) is 5.91 Å². The second kappa shape index (κ2) is 6.40. The maximum Gasteiger partial charge on any atom is 0.244 e. The summed E-state index contributed by atoms with van der Waals surface area (Å²) in [4.78, 5) is 11.6. The molecule has 2 aromatic rings. The van der Waals surface area contributed by atoms with E-state index in [1.165, 1.54) is 0 Å². The fourth-order valence-electron chi connectivity index (χ4n) is 1.58. The predicted octanol–water partition coefficient (Wildman–Crippen LogP) is 3.02. The van der Waals surface area contributed by atoms with Crippen molar-refractivity contribution in [2.45, 2.75) is 6.54 Å². The van der Waals surface area contributed by atoms with Crippen LogP contribution >= 0.6 is 0 Å². The lowest BCUT2D eigenvalue weighted by atomic mass is 10.2. The molecule has 0 saturated carbocycles. The zero-order chi connectivity index (χ0) is 12.6. The molecule has 0 aliphatic rings. The van der Waals surface area contributed by atoms with Crippen LogP contribution in [0.3, 0.4) is 0 Å². The van der Waals surface area contributed by atoms with Crippen molar-refractivity contribution in [3.63, 3.8) is 0 Å². The van der Waals surface area contributed by atoms with Crippen LogP contribution in [0.5, 0.6) is 0 Å². The van der Waals surface area contributed by atoms with E-state index in [0.29, 0.717) is 6.54 Å². The molecular formula is C16H15NO. The van der Waals surface area contributed by atoms with Crippen LogP contribution in [0.2, 0.25) is 0 Å². The van der Waals surface area contributed by atoms with Gasteiger partial charge in [-0.3, -0.25) is 4.79 Å². The monoisotopic (exact) mass is 237 g/mol. The van der Waals surface area contributed by atoms with E-state index in [1.807, 2.05) is 60.7 Å². The van der Waals surface area contributed by atoms with Crippen LogP contribution in [0.1, 0.15) is 11.1 Å². The number of benzene rings is 2. The van der Waals surface area contributed by atoms with Crippen molar-refractivity contribution < 1.29 is 4.79 Å². The third-order valence-corrected chi connectivity index (χ3v) is 2.54. The molecule has 0 heterocycles. The van der Waals surface area contributed by atoms with Gasteiger partial charge in [-0.25, -0.2) is 0 Å². The molecule has 0 bridgehead atoms. The zero-order valence-corrected chi connectivity index (χ0v) is 10.0. The number of hydrogen-bond donors (Lipinski definition) is 1. The highest BCUT2D eigenvalue weighted by atomic mass is 16.1. The average molecular weight is 237 g/mol. The molecule has 0 fully saturated rings. The summed E-state index contributed by atoms with van der Waals surface area (Å²) in [6.45, 7) is 0.554. The topological polar surface area (TPSA) is 29.1 Å². The Kier molecular flexibility index (Phi) is 4.31. The Morgan fingerprint density at radius 1 is 0.944 bits per heavy atom. The molecule has 2 nitrogen and oxygen atoms in total. The summed E-state index contributed by atoms with van der Waals surface area (Å²) in [6.07, 6.45) is 3.36. The van der Waals surface area contributed by atoms with Gasteiger partial charge in [0.25, 0.3) is 0 Å². The molecule has 1 N–H and O–H groups in total. The highest BCUT2D eigenvalue weighted by Crippen LogP contribution is 2.01. The molecule has 0 aromatic heterocycles. The molecule has 0 radical (unpaired) electrons. The Morgan fingerprint density at radius 2 is 1.56 bits per heavy atom. The molecule has 2 aromatic carbocycles. The molecule has 0 unspecified atom stereocenters. The van der Waals surface area contributed by atoms with Gasteiger partial charge in [0, 0.05) is 12.6 Å². The first kappa shape index (κ1) is 12.1. The standard InChI is InChI=1S/C16H15NO/c18-16(12-11-14-7-3-1-4-8-14)17-13-15-9-5-2-6-10-15/h1-12H,13H2,(H,17,18)/b12-11+. The first-order chi connectivity index (χ1) is 8.84. The second-order valence-corrected chi connectivity index (χ2v) is 3.95. The second-order valence-electron chi connectivity index (χ2n) is 3.95. The van der Waals surface area contributed by atoms with Gasteiger partial charge in [-0.2, -0.15) is 0 Å². The SMILES string of the molecule is O=C(/C=C/c1ccccc1)NCc1ccccc1. The van der Waals surface area contributed by atoms with Crippen molar-refractivity contribution in [1.82, 2.24) is 5.32 Å². The lowest BCUT2D eigenvalue weighted by Gasteiger charge is -2.01. The van der Waals surface area contributed by atoms with Crippen molar-refractivity contribution in [3.8, 4) is 0 Å². The van der Waals surface area contributed by atoms with Crippen molar-refractivity contribution >= 4 is 12.0 Å². The maximum atomic E-state index is 11.6. The Hall–Kier alpha value is -2.35. The Labute approximate surface area is 107 Å². The van der Waals surface area contributed by atoms with Crippen molar-refractivity contribution in [3.05, 3.63) is 77.9 Å². The Bertz CT molecular complexity index is 517. The van der Waals surface area contributed by atoms with Gasteiger partial charge in [0.2, 0.25) is 5.91 Å². The van der Waals surface area contributed by atoms with Gasteiger partial charge in [-0.05, 0) is 17.2 Å². The van der Waals surface area contributed by atoms with Crippen molar-refractivity contribution in [2.75, 3.05) is 0 Å². The number of rotatable bonds is 4. The molecular weight excluding hydrogens is 222 g/mol. The smallest absolute Gasteiger partial charge is 0.244 e. The summed E-state index contributed by atoms with van der Waals surface area (Å²) < 4.78 is 0. The minimum absolute atomic E-state index is 0.0808. The molecule has 0 spiro atoms. The van der Waals surface area contributed by atoms with E-state index in [-0.39, 0.29) is 5.91 Å². The summed E-state index contributed by atoms with van der Waals surface area (Å²) in [5, 5.41) is 2.84. The Balaban J connectivity index is 1.84. The first-order valence-electron chi connectivity index (χ1n) is 5.89. The molecule has 0 saturated heterocycles. The number of hydrogen-bond acceptors (Lipinski definition) is 1. The number of amides is 1. The number of carbonyl (C=O) groups excluding carboxylic acids is 1. The van der Waals surface area contributed by atoms with Gasteiger partial charge < -0.3 is 5.32 Å². The highest BCUT2D eigenvalue weighted by molar-refractivity contribution is 5.91. The van der Waals surface area contributed by atoms with Gasteiger partial charge >= 0.3 is 0 Å². The molecule has 1 amide bonds. The summed E-state index contributed by atoms with van der Waals surface area (Å²) in [6, 6.07) is 19.6. The average Bonchev–Trinajstić information content (AvgIpc) is 2.45. The van der Waals surface area contributed by atoms with Gasteiger partial charge in [0.05, 0.1) is 0 Å². The van der Waals surface area contributed by atoms with Crippen LogP contribution < -0.4 is 5.32 Å². The van der Waals surface area contributed by atoms with Crippen LogP contribution in [-0.2, 0) is 11.3 Å².